The molecule has 1 amide bonds. The molecule has 0 spiro atoms. The average molecular weight is 448 g/mol. The van der Waals surface area contributed by atoms with Crippen molar-refractivity contribution in [2.75, 3.05) is 18.4 Å². The van der Waals surface area contributed by atoms with Gasteiger partial charge in [-0.2, -0.15) is 4.31 Å². The van der Waals surface area contributed by atoms with Crippen LogP contribution in [0.2, 0.25) is 0 Å². The third-order valence-corrected chi connectivity index (χ3v) is 8.16. The number of nitrogens with one attached hydrogen (secondary N) is 1. The van der Waals surface area contributed by atoms with Gasteiger partial charge in [0.15, 0.2) is 5.76 Å². The van der Waals surface area contributed by atoms with E-state index in [1.54, 1.807) is 26.0 Å². The highest BCUT2D eigenvalue weighted by atomic mass is 32.2. The Kier molecular flexibility index (Phi) is 5.67. The molecule has 1 saturated heterocycles. The van der Waals surface area contributed by atoms with Gasteiger partial charge in [-0.05, 0) is 38.8 Å². The van der Waals surface area contributed by atoms with Gasteiger partial charge >= 0.3 is 0 Å². The number of sulfonamides is 1. The summed E-state index contributed by atoms with van der Waals surface area (Å²) in [7, 11) is -3.72. The number of hydrogen-bond donors (Lipinski definition) is 1. The van der Waals surface area contributed by atoms with Crippen LogP contribution in [0, 0.1) is 13.8 Å². The average Bonchev–Trinajstić information content (AvgIpc) is 3.36. The van der Waals surface area contributed by atoms with E-state index in [0.717, 1.165) is 6.42 Å². The summed E-state index contributed by atoms with van der Waals surface area (Å²) in [5.41, 5.74) is 1.03. The Balaban J connectivity index is 1.50. The van der Waals surface area contributed by atoms with E-state index in [-0.39, 0.29) is 34.0 Å². The highest BCUT2D eigenvalue weighted by molar-refractivity contribution is 7.89. The number of nitrogens with zero attached hydrogens (tertiary/aromatic N) is 4. The van der Waals surface area contributed by atoms with Gasteiger partial charge < -0.3 is 9.84 Å². The van der Waals surface area contributed by atoms with Gasteiger partial charge in [0, 0.05) is 24.7 Å². The monoisotopic (exact) mass is 447 g/mol. The van der Waals surface area contributed by atoms with Crippen LogP contribution >= 0.6 is 11.3 Å². The molecule has 4 rings (SSSR count). The molecule has 1 fully saturated rings. The molecule has 1 aromatic carbocycles. The van der Waals surface area contributed by atoms with E-state index in [9.17, 15) is 13.2 Å². The standard InChI is InChI=1S/C19H21N5O4S2/c1-12-16(13(2)28-23-12)30(26,27)24-10-6-7-14(11-24)18-21-22-19(29-18)17(25)20-15-8-4-3-5-9-15/h3-5,8-9,14H,6-7,10-11H2,1-2H3,(H,20,25)/t14-/m0/s1. The van der Waals surface area contributed by atoms with Crippen molar-refractivity contribution in [3.05, 3.63) is 51.8 Å². The van der Waals surface area contributed by atoms with Gasteiger partial charge in [-0.15, -0.1) is 10.2 Å². The van der Waals surface area contributed by atoms with Crippen molar-refractivity contribution in [2.24, 2.45) is 0 Å². The molecule has 9 nitrogen and oxygen atoms in total. The summed E-state index contributed by atoms with van der Waals surface area (Å²) in [5, 5.41) is 15.6. The summed E-state index contributed by atoms with van der Waals surface area (Å²) >= 11 is 1.20. The maximum atomic E-state index is 13.1. The smallest absolute Gasteiger partial charge is 0.286 e. The van der Waals surface area contributed by atoms with E-state index in [2.05, 4.69) is 20.7 Å². The zero-order valence-corrected chi connectivity index (χ0v) is 18.2. The van der Waals surface area contributed by atoms with Crippen molar-refractivity contribution < 1.29 is 17.7 Å². The highest BCUT2D eigenvalue weighted by Gasteiger charge is 2.36. The lowest BCUT2D eigenvalue weighted by atomic mass is 10.0. The number of carbonyl (C=O) groups excluding carboxylic acids is 1. The number of aromatic nitrogens is 3. The van der Waals surface area contributed by atoms with Crippen LogP contribution in [0.1, 0.15) is 45.0 Å². The lowest BCUT2D eigenvalue weighted by Gasteiger charge is -2.30. The number of aryl methyl sites for hydroxylation is 2. The molecule has 1 N–H and O–H groups in total. The first-order chi connectivity index (χ1) is 14.4. The van der Waals surface area contributed by atoms with Crippen molar-refractivity contribution in [3.63, 3.8) is 0 Å². The molecular weight excluding hydrogens is 426 g/mol. The maximum absolute atomic E-state index is 13.1. The molecule has 158 valence electrons. The van der Waals surface area contributed by atoms with Gasteiger partial charge in [0.25, 0.3) is 5.91 Å². The molecule has 0 aliphatic carbocycles. The minimum atomic E-state index is -3.72. The highest BCUT2D eigenvalue weighted by Crippen LogP contribution is 2.33. The van der Waals surface area contributed by atoms with Crippen LogP contribution in [0.5, 0.6) is 0 Å². The van der Waals surface area contributed by atoms with Crippen LogP contribution < -0.4 is 5.32 Å². The number of rotatable bonds is 5. The first kappa shape index (κ1) is 20.6. The molecule has 0 radical (unpaired) electrons. The maximum Gasteiger partial charge on any atom is 0.286 e. The molecular formula is C19H21N5O4S2. The second-order valence-electron chi connectivity index (χ2n) is 7.12. The Morgan fingerprint density at radius 2 is 2.00 bits per heavy atom. The Morgan fingerprint density at radius 1 is 1.23 bits per heavy atom. The zero-order valence-electron chi connectivity index (χ0n) is 16.5. The molecule has 0 saturated carbocycles. The number of anilines is 1. The predicted molar refractivity (Wildman–Crippen MR) is 111 cm³/mol. The quantitative estimate of drug-likeness (QED) is 0.639. The molecule has 3 aromatic rings. The van der Waals surface area contributed by atoms with E-state index >= 15 is 0 Å². The summed E-state index contributed by atoms with van der Waals surface area (Å²) in [5.74, 6) is -0.170. The third kappa shape index (κ3) is 4.00. The number of benzene rings is 1. The Labute approximate surface area is 178 Å². The molecule has 3 heterocycles. The Morgan fingerprint density at radius 3 is 2.70 bits per heavy atom. The SMILES string of the molecule is Cc1noc(C)c1S(=O)(=O)N1CCC[C@H](c2nnc(C(=O)Nc3ccccc3)s2)C1. The number of hydrogen-bond acceptors (Lipinski definition) is 8. The molecule has 11 heteroatoms. The molecule has 1 atom stereocenters. The number of piperidine rings is 1. The Hall–Kier alpha value is -2.63. The van der Waals surface area contributed by atoms with Crippen LogP contribution in [-0.2, 0) is 10.0 Å². The van der Waals surface area contributed by atoms with Crippen LogP contribution in [-0.4, -0.2) is 47.1 Å². The van der Waals surface area contributed by atoms with E-state index in [1.165, 1.54) is 15.6 Å². The summed E-state index contributed by atoms with van der Waals surface area (Å²) in [4.78, 5) is 12.6. The molecule has 30 heavy (non-hydrogen) atoms. The van der Waals surface area contributed by atoms with Gasteiger partial charge in [0.05, 0.1) is 0 Å². The molecule has 1 aliphatic heterocycles. The first-order valence-electron chi connectivity index (χ1n) is 9.49. The second-order valence-corrected chi connectivity index (χ2v) is 10.0. The van der Waals surface area contributed by atoms with E-state index < -0.39 is 10.0 Å². The summed E-state index contributed by atoms with van der Waals surface area (Å²) in [6.45, 7) is 3.91. The lowest BCUT2D eigenvalue weighted by molar-refractivity contribution is 0.102. The van der Waals surface area contributed by atoms with Crippen LogP contribution in [0.15, 0.2) is 39.8 Å². The molecule has 0 unspecified atom stereocenters. The van der Waals surface area contributed by atoms with Gasteiger partial charge in [-0.25, -0.2) is 8.42 Å². The van der Waals surface area contributed by atoms with Gasteiger partial charge in [-0.1, -0.05) is 34.7 Å². The topological polar surface area (TPSA) is 118 Å². The predicted octanol–water partition coefficient (Wildman–Crippen LogP) is 2.96. The van der Waals surface area contributed by atoms with E-state index in [4.69, 9.17) is 4.52 Å². The minimum Gasteiger partial charge on any atom is -0.360 e. The van der Waals surface area contributed by atoms with Gasteiger partial charge in [0.1, 0.15) is 15.6 Å². The second kappa shape index (κ2) is 8.25. The normalized spacial score (nSPS) is 17.7. The van der Waals surface area contributed by atoms with Crippen molar-refractivity contribution >= 4 is 33.0 Å². The zero-order chi connectivity index (χ0) is 21.3. The lowest BCUT2D eigenvalue weighted by Crippen LogP contribution is -2.39. The van der Waals surface area contributed by atoms with Gasteiger partial charge in [-0.3, -0.25) is 4.79 Å². The number of para-hydroxylation sites is 1. The molecule has 0 bridgehead atoms. The fourth-order valence-corrected chi connectivity index (χ4v) is 6.21. The van der Waals surface area contributed by atoms with Gasteiger partial charge in [0.2, 0.25) is 15.0 Å². The fraction of sp³-hybridized carbons (Fsp3) is 0.368. The molecule has 2 aromatic heterocycles. The van der Waals surface area contributed by atoms with E-state index in [1.807, 2.05) is 18.2 Å². The van der Waals surface area contributed by atoms with Crippen molar-refractivity contribution in [3.8, 4) is 0 Å². The fourth-order valence-electron chi connectivity index (χ4n) is 3.53. The first-order valence-corrected chi connectivity index (χ1v) is 11.7. The summed E-state index contributed by atoms with van der Waals surface area (Å²) in [6.07, 6.45) is 1.47. The van der Waals surface area contributed by atoms with Crippen LogP contribution in [0.4, 0.5) is 5.69 Å². The minimum absolute atomic E-state index is 0.121. The summed E-state index contributed by atoms with van der Waals surface area (Å²) < 4.78 is 32.7. The van der Waals surface area contributed by atoms with Crippen LogP contribution in [0.25, 0.3) is 0 Å². The Bertz CT molecular complexity index is 1140. The third-order valence-electron chi connectivity index (χ3n) is 4.97. The molecule has 1 aliphatic rings. The summed E-state index contributed by atoms with van der Waals surface area (Å²) in [6, 6.07) is 9.11. The van der Waals surface area contributed by atoms with E-state index in [0.29, 0.717) is 29.4 Å². The van der Waals surface area contributed by atoms with Crippen LogP contribution in [0.3, 0.4) is 0 Å². The largest absolute Gasteiger partial charge is 0.360 e. The van der Waals surface area contributed by atoms with Crippen molar-refractivity contribution in [1.29, 1.82) is 0 Å². The van der Waals surface area contributed by atoms with Crippen molar-refractivity contribution in [2.45, 2.75) is 37.5 Å². The van der Waals surface area contributed by atoms with Crippen molar-refractivity contribution in [1.82, 2.24) is 19.7 Å². The number of carbonyl (C=O) groups is 1. The number of amides is 1.